The van der Waals surface area contributed by atoms with E-state index in [9.17, 15) is 0 Å². The van der Waals surface area contributed by atoms with Crippen molar-refractivity contribution in [1.82, 2.24) is 0 Å². The molecule has 1 aliphatic carbocycles. The maximum Gasteiger partial charge on any atom is 1.00 e. The van der Waals surface area contributed by atoms with E-state index in [1.807, 2.05) is 0 Å². The average Bonchev–Trinajstić information content (AvgIpc) is 1.91. The molecule has 8 heavy (non-hydrogen) atoms. The predicted octanol–water partition coefficient (Wildman–Crippen LogP) is -0.601. The quantitative estimate of drug-likeness (QED) is 0.358. The molecule has 0 heterocycles. The summed E-state index contributed by atoms with van der Waals surface area (Å²) >= 11 is 0. The van der Waals surface area contributed by atoms with Crippen LogP contribution in [0.15, 0.2) is 23.3 Å². The Morgan fingerprint density at radius 3 is 2.25 bits per heavy atom. The van der Waals surface area contributed by atoms with Gasteiger partial charge in [-0.05, 0) is 20.3 Å². The van der Waals surface area contributed by atoms with Gasteiger partial charge in [-0.2, -0.15) is 0 Å². The molecule has 0 fully saturated rings. The molecule has 0 aromatic rings. The Balaban J connectivity index is 0. The van der Waals surface area contributed by atoms with Crippen molar-refractivity contribution in [2.45, 2.75) is 20.3 Å². The summed E-state index contributed by atoms with van der Waals surface area (Å²) < 4.78 is 0. The van der Waals surface area contributed by atoms with E-state index in [0.717, 1.165) is 0 Å². The summed E-state index contributed by atoms with van der Waals surface area (Å²) in [6, 6.07) is 0. The third kappa shape index (κ3) is 1.54. The summed E-state index contributed by atoms with van der Waals surface area (Å²) in [6.45, 7) is 4.33. The molecule has 0 aromatic heterocycles. The van der Waals surface area contributed by atoms with E-state index in [-0.39, 0.29) is 20.3 Å². The molecule has 1 heteroatoms. The smallest absolute Gasteiger partial charge is 1.00 e. The van der Waals surface area contributed by atoms with E-state index >= 15 is 0 Å². The molecule has 0 N–H and O–H groups in total. The molecular weight excluding hydrogens is 91.0 g/mol. The molecule has 0 nitrogen and oxygen atoms in total. The van der Waals surface area contributed by atoms with Crippen molar-refractivity contribution in [3.63, 3.8) is 0 Å². The van der Waals surface area contributed by atoms with Gasteiger partial charge in [-0.15, -0.1) is 0 Å². The minimum absolute atomic E-state index is 0. The molecule has 0 bridgehead atoms. The van der Waals surface area contributed by atoms with E-state index in [0.29, 0.717) is 0 Å². The van der Waals surface area contributed by atoms with Crippen LogP contribution in [0.1, 0.15) is 21.7 Å². The zero-order chi connectivity index (χ0) is 5.28. The van der Waals surface area contributed by atoms with Crippen LogP contribution in [0.4, 0.5) is 0 Å². The number of hydrogen-bond donors (Lipinski definition) is 0. The van der Waals surface area contributed by atoms with Crippen LogP contribution in [0, 0.1) is 0 Å². The van der Waals surface area contributed by atoms with Crippen LogP contribution < -0.4 is 18.9 Å². The van der Waals surface area contributed by atoms with E-state index < -0.39 is 0 Å². The summed E-state index contributed by atoms with van der Waals surface area (Å²) in [5.74, 6) is 0. The number of rotatable bonds is 0. The van der Waals surface area contributed by atoms with E-state index in [4.69, 9.17) is 0 Å². The minimum atomic E-state index is 0. The zero-order valence-electron chi connectivity index (χ0n) is 6.86. The average molecular weight is 102 g/mol. The van der Waals surface area contributed by atoms with E-state index in [1.54, 1.807) is 0 Å². The van der Waals surface area contributed by atoms with Gasteiger partial charge in [0.15, 0.2) is 0 Å². The van der Waals surface area contributed by atoms with Crippen LogP contribution in [0.5, 0.6) is 0 Å². The maximum atomic E-state index is 2.20. The fourth-order valence-corrected chi connectivity index (χ4v) is 0.716. The van der Waals surface area contributed by atoms with Crippen molar-refractivity contribution in [1.29, 1.82) is 0 Å². The second-order valence-corrected chi connectivity index (χ2v) is 2.07. The van der Waals surface area contributed by atoms with Gasteiger partial charge in [0.1, 0.15) is 0 Å². The molecule has 40 valence electrons. The third-order valence-electron chi connectivity index (χ3n) is 1.47. The molecule has 0 unspecified atom stereocenters. The second-order valence-electron chi connectivity index (χ2n) is 2.07. The summed E-state index contributed by atoms with van der Waals surface area (Å²) in [7, 11) is 0. The molecule has 0 amide bonds. The van der Waals surface area contributed by atoms with Crippen LogP contribution in [-0.4, -0.2) is 0 Å². The summed E-state index contributed by atoms with van der Waals surface area (Å²) in [5.41, 5.74) is 2.96. The monoisotopic (exact) mass is 102 g/mol. The maximum absolute atomic E-state index is 2.20. The molecule has 1 rings (SSSR count). The molecule has 0 saturated heterocycles. The van der Waals surface area contributed by atoms with E-state index in [1.165, 1.54) is 17.6 Å². The molecule has 0 spiro atoms. The molecule has 0 atom stereocenters. The topological polar surface area (TPSA) is 0 Å². The van der Waals surface area contributed by atoms with Crippen LogP contribution in [-0.2, 0) is 0 Å². The fourth-order valence-electron chi connectivity index (χ4n) is 0.716. The van der Waals surface area contributed by atoms with Crippen LogP contribution >= 0.6 is 0 Å². The Labute approximate surface area is 64.3 Å². The summed E-state index contributed by atoms with van der Waals surface area (Å²) in [4.78, 5) is 0. The van der Waals surface area contributed by atoms with Gasteiger partial charge in [-0.25, -0.2) is 0 Å². The molecule has 0 radical (unpaired) electrons. The van der Waals surface area contributed by atoms with Gasteiger partial charge in [0, 0.05) is 0 Å². The standard InChI is InChI=1S/C7H10.Li.H/c1-6-4-3-5-7(6)2;;/h3-4H,5H2,1-2H3;;/q;+1;-1. The molecule has 1 aliphatic rings. The normalized spacial score (nSPS) is 16.8. The first kappa shape index (κ1) is 8.08. The van der Waals surface area contributed by atoms with Gasteiger partial charge in [0.2, 0.25) is 0 Å². The largest absolute Gasteiger partial charge is 1.00 e. The third-order valence-corrected chi connectivity index (χ3v) is 1.47. The number of allylic oxidation sites excluding steroid dienone is 4. The van der Waals surface area contributed by atoms with Crippen molar-refractivity contribution < 1.29 is 20.3 Å². The van der Waals surface area contributed by atoms with Crippen molar-refractivity contribution in [3.05, 3.63) is 23.3 Å². The van der Waals surface area contributed by atoms with Crippen molar-refractivity contribution in [2.75, 3.05) is 0 Å². The summed E-state index contributed by atoms with van der Waals surface area (Å²) in [6.07, 6.45) is 5.55. The van der Waals surface area contributed by atoms with Crippen molar-refractivity contribution in [2.24, 2.45) is 0 Å². The Kier molecular flexibility index (Phi) is 3.20. The predicted molar refractivity (Wildman–Crippen MR) is 33.2 cm³/mol. The van der Waals surface area contributed by atoms with Crippen LogP contribution in [0.2, 0.25) is 0 Å². The summed E-state index contributed by atoms with van der Waals surface area (Å²) in [5, 5.41) is 0. The Hall–Kier alpha value is 0.0774. The number of hydrogen-bond acceptors (Lipinski definition) is 0. The Morgan fingerprint density at radius 2 is 2.12 bits per heavy atom. The van der Waals surface area contributed by atoms with E-state index in [2.05, 4.69) is 26.0 Å². The SMILES string of the molecule is CC1=C(C)CC=C1.[H-].[Li+]. The minimum Gasteiger partial charge on any atom is -1.00 e. The van der Waals surface area contributed by atoms with Crippen LogP contribution in [0.25, 0.3) is 0 Å². The molecule has 0 saturated carbocycles. The first-order valence-corrected chi connectivity index (χ1v) is 2.63. The fraction of sp³-hybridized carbons (Fsp3) is 0.429. The van der Waals surface area contributed by atoms with Crippen molar-refractivity contribution in [3.8, 4) is 0 Å². The van der Waals surface area contributed by atoms with Crippen molar-refractivity contribution >= 4 is 0 Å². The van der Waals surface area contributed by atoms with Gasteiger partial charge in [0.05, 0.1) is 0 Å². The van der Waals surface area contributed by atoms with Gasteiger partial charge >= 0.3 is 18.9 Å². The Morgan fingerprint density at radius 1 is 1.50 bits per heavy atom. The molecular formula is C7H11Li. The van der Waals surface area contributed by atoms with Gasteiger partial charge in [-0.3, -0.25) is 0 Å². The first-order valence-electron chi connectivity index (χ1n) is 2.63. The Bertz CT molecular complexity index is 136. The zero-order valence-corrected chi connectivity index (χ0v) is 5.86. The van der Waals surface area contributed by atoms with Crippen LogP contribution in [0.3, 0.4) is 0 Å². The second kappa shape index (κ2) is 3.17. The van der Waals surface area contributed by atoms with Gasteiger partial charge < -0.3 is 1.43 Å². The molecule has 0 aliphatic heterocycles. The first-order chi connectivity index (χ1) is 3.30. The molecule has 0 aromatic carbocycles. The van der Waals surface area contributed by atoms with Gasteiger partial charge in [0.25, 0.3) is 0 Å². The van der Waals surface area contributed by atoms with Gasteiger partial charge in [-0.1, -0.05) is 23.3 Å².